The average molecular weight is 386 g/mol. The molecule has 1 aromatic heterocycles. The zero-order valence-electron chi connectivity index (χ0n) is 18.9. The Hall–Kier alpha value is -0.800. The second kappa shape index (κ2) is 4.91. The minimum absolute atomic E-state index is 0.0821. The number of aliphatic hydroxyl groups is 2. The third-order valence-electron chi connectivity index (χ3n) is 11.0. The van der Waals surface area contributed by atoms with Gasteiger partial charge in [-0.3, -0.25) is 0 Å². The summed E-state index contributed by atoms with van der Waals surface area (Å²) in [6.45, 7) is 13.6. The summed E-state index contributed by atoms with van der Waals surface area (Å²) >= 11 is 0. The Morgan fingerprint density at radius 3 is 1.39 bits per heavy atom. The maximum absolute atomic E-state index is 12.3. The number of rotatable bonds is 2. The minimum atomic E-state index is -0.852. The van der Waals surface area contributed by atoms with Gasteiger partial charge in [0.2, 0.25) is 0 Å². The Balaban J connectivity index is 1.68. The van der Waals surface area contributed by atoms with Crippen LogP contribution in [0.2, 0.25) is 0 Å². The Morgan fingerprint density at radius 1 is 0.750 bits per heavy atom. The third kappa shape index (κ3) is 1.66. The molecular weight excluding hydrogens is 346 g/mol. The van der Waals surface area contributed by atoms with E-state index < -0.39 is 11.2 Å². The first-order chi connectivity index (χ1) is 12.8. The molecule has 0 spiro atoms. The van der Waals surface area contributed by atoms with Crippen molar-refractivity contribution >= 4 is 0 Å². The highest BCUT2D eigenvalue weighted by Gasteiger charge is 2.72. The number of aromatic nitrogens is 1. The van der Waals surface area contributed by atoms with Gasteiger partial charge in [0.1, 0.15) is 11.2 Å². The van der Waals surface area contributed by atoms with Crippen LogP contribution in [-0.2, 0) is 18.2 Å². The molecule has 3 nitrogen and oxygen atoms in total. The quantitative estimate of drug-likeness (QED) is 0.744. The van der Waals surface area contributed by atoms with Crippen LogP contribution in [-0.4, -0.2) is 14.8 Å². The minimum Gasteiger partial charge on any atom is -0.382 e. The summed E-state index contributed by atoms with van der Waals surface area (Å²) in [7, 11) is 2.08. The monoisotopic (exact) mass is 385 g/mol. The van der Waals surface area contributed by atoms with Crippen LogP contribution in [0.3, 0.4) is 0 Å². The van der Waals surface area contributed by atoms with Gasteiger partial charge in [0, 0.05) is 28.7 Å². The summed E-state index contributed by atoms with van der Waals surface area (Å²) in [6.07, 6.45) is 6.83. The van der Waals surface area contributed by atoms with Gasteiger partial charge in [-0.1, -0.05) is 41.5 Å². The standard InChI is InChI=1S/C25H39NO2/c1-20(2)16-10-12-22(5,14-16)24(20,27)18-8-9-19(26(18)7)25(28)21(3,4)17-11-13-23(25,6)15-17/h8-9,16-17,27-28H,10-15H2,1-7H3/t16-,17-,22+,23+,24+,25+/m0/s1. The lowest BCUT2D eigenvalue weighted by atomic mass is 9.58. The molecule has 2 N–H and O–H groups in total. The lowest BCUT2D eigenvalue weighted by Crippen LogP contribution is -2.54. The predicted molar refractivity (Wildman–Crippen MR) is 112 cm³/mol. The van der Waals surface area contributed by atoms with Gasteiger partial charge in [0.15, 0.2) is 0 Å². The molecule has 5 rings (SSSR count). The van der Waals surface area contributed by atoms with Crippen LogP contribution < -0.4 is 0 Å². The van der Waals surface area contributed by atoms with Crippen LogP contribution >= 0.6 is 0 Å². The second-order valence-corrected chi connectivity index (χ2v) is 12.5. The van der Waals surface area contributed by atoms with Crippen molar-refractivity contribution in [2.75, 3.05) is 0 Å². The molecule has 4 bridgehead atoms. The van der Waals surface area contributed by atoms with Crippen LogP contribution in [0.5, 0.6) is 0 Å². The fourth-order valence-corrected chi connectivity index (χ4v) is 9.03. The van der Waals surface area contributed by atoms with Crippen molar-refractivity contribution < 1.29 is 10.2 Å². The van der Waals surface area contributed by atoms with E-state index in [0.29, 0.717) is 11.8 Å². The summed E-state index contributed by atoms with van der Waals surface area (Å²) in [6, 6.07) is 4.26. The van der Waals surface area contributed by atoms with E-state index in [1.807, 2.05) is 0 Å². The van der Waals surface area contributed by atoms with Crippen molar-refractivity contribution in [1.29, 1.82) is 0 Å². The Bertz CT molecular complexity index is 772. The fraction of sp³-hybridized carbons (Fsp3) is 0.840. The van der Waals surface area contributed by atoms with Crippen LogP contribution in [0.1, 0.15) is 91.5 Å². The molecule has 4 aliphatic rings. The van der Waals surface area contributed by atoms with Gasteiger partial charge >= 0.3 is 0 Å². The Kier molecular flexibility index (Phi) is 3.36. The molecule has 0 amide bonds. The van der Waals surface area contributed by atoms with Crippen molar-refractivity contribution in [3.8, 4) is 0 Å². The molecular formula is C25H39NO2. The first-order valence-electron chi connectivity index (χ1n) is 11.4. The van der Waals surface area contributed by atoms with Gasteiger partial charge in [0.25, 0.3) is 0 Å². The summed E-state index contributed by atoms with van der Waals surface area (Å²) in [5, 5.41) is 24.6. The summed E-state index contributed by atoms with van der Waals surface area (Å²) in [5.41, 5.74) is -0.160. The third-order valence-corrected chi connectivity index (χ3v) is 11.0. The highest BCUT2D eigenvalue weighted by Crippen LogP contribution is 2.74. The van der Waals surface area contributed by atoms with E-state index in [1.54, 1.807) is 0 Å². The summed E-state index contributed by atoms with van der Waals surface area (Å²) in [4.78, 5) is 0. The molecule has 1 aromatic rings. The molecule has 1 heterocycles. The van der Waals surface area contributed by atoms with E-state index in [9.17, 15) is 10.2 Å². The summed E-state index contributed by atoms with van der Waals surface area (Å²) < 4.78 is 2.18. The molecule has 28 heavy (non-hydrogen) atoms. The molecule has 0 saturated heterocycles. The van der Waals surface area contributed by atoms with E-state index >= 15 is 0 Å². The van der Waals surface area contributed by atoms with Crippen molar-refractivity contribution in [3.05, 3.63) is 23.5 Å². The van der Waals surface area contributed by atoms with Gasteiger partial charge < -0.3 is 14.8 Å². The maximum atomic E-state index is 12.3. The largest absolute Gasteiger partial charge is 0.382 e. The molecule has 4 saturated carbocycles. The predicted octanol–water partition coefficient (Wildman–Crippen LogP) is 5.09. The van der Waals surface area contributed by atoms with Crippen LogP contribution in [0.15, 0.2) is 12.1 Å². The van der Waals surface area contributed by atoms with E-state index in [4.69, 9.17) is 0 Å². The van der Waals surface area contributed by atoms with Crippen molar-refractivity contribution in [1.82, 2.24) is 4.57 Å². The van der Waals surface area contributed by atoms with Crippen molar-refractivity contribution in [2.45, 2.75) is 91.3 Å². The number of hydrogen-bond donors (Lipinski definition) is 2. The van der Waals surface area contributed by atoms with Crippen molar-refractivity contribution in [2.24, 2.45) is 40.5 Å². The first kappa shape index (κ1) is 19.2. The van der Waals surface area contributed by atoms with E-state index in [-0.39, 0.29) is 21.7 Å². The zero-order valence-corrected chi connectivity index (χ0v) is 18.9. The maximum Gasteiger partial charge on any atom is 0.115 e. The smallest absolute Gasteiger partial charge is 0.115 e. The van der Waals surface area contributed by atoms with E-state index in [1.165, 1.54) is 12.8 Å². The normalized spacial score (nSPS) is 50.6. The summed E-state index contributed by atoms with van der Waals surface area (Å²) in [5.74, 6) is 1.14. The Labute approximate surface area is 170 Å². The number of hydrogen-bond acceptors (Lipinski definition) is 2. The Morgan fingerprint density at radius 2 is 1.11 bits per heavy atom. The highest BCUT2D eigenvalue weighted by atomic mass is 16.3. The molecule has 156 valence electrons. The van der Waals surface area contributed by atoms with Gasteiger partial charge in [-0.15, -0.1) is 0 Å². The van der Waals surface area contributed by atoms with Crippen LogP contribution in [0, 0.1) is 33.5 Å². The van der Waals surface area contributed by atoms with E-state index in [0.717, 1.165) is 37.1 Å². The van der Waals surface area contributed by atoms with Crippen molar-refractivity contribution in [3.63, 3.8) is 0 Å². The molecule has 4 aliphatic carbocycles. The highest BCUT2D eigenvalue weighted by molar-refractivity contribution is 5.37. The van der Waals surface area contributed by atoms with Gasteiger partial charge in [-0.25, -0.2) is 0 Å². The average Bonchev–Trinajstić information content (AvgIpc) is 3.34. The van der Waals surface area contributed by atoms with E-state index in [2.05, 4.69) is 65.3 Å². The molecule has 0 aliphatic heterocycles. The molecule has 6 atom stereocenters. The molecule has 0 aromatic carbocycles. The number of nitrogens with zero attached hydrogens (tertiary/aromatic N) is 1. The second-order valence-electron chi connectivity index (χ2n) is 12.5. The SMILES string of the molecule is Cn1c([C@@]2(O)C(C)(C)[C@H]3CC[C@]2(C)C3)ccc1[C@@]1(O)C(C)(C)[C@H]2CC[C@]1(C)C2. The van der Waals surface area contributed by atoms with Gasteiger partial charge in [0.05, 0.1) is 11.4 Å². The first-order valence-corrected chi connectivity index (χ1v) is 11.4. The van der Waals surface area contributed by atoms with Crippen LogP contribution in [0.25, 0.3) is 0 Å². The molecule has 0 unspecified atom stereocenters. The van der Waals surface area contributed by atoms with Crippen LogP contribution in [0.4, 0.5) is 0 Å². The number of fused-ring (bicyclic) bond motifs is 4. The lowest BCUT2D eigenvalue weighted by molar-refractivity contribution is -0.163. The topological polar surface area (TPSA) is 45.4 Å². The fourth-order valence-electron chi connectivity index (χ4n) is 9.03. The van der Waals surface area contributed by atoms with Gasteiger partial charge in [-0.05, 0) is 62.5 Å². The zero-order chi connectivity index (χ0) is 20.5. The molecule has 4 fully saturated rings. The molecule has 0 radical (unpaired) electrons. The molecule has 3 heteroatoms. The van der Waals surface area contributed by atoms with Gasteiger partial charge in [-0.2, -0.15) is 0 Å². The lowest BCUT2D eigenvalue weighted by Gasteiger charge is -2.52.